The number of amides is 4. The van der Waals surface area contributed by atoms with Gasteiger partial charge in [0, 0.05) is 25.2 Å². The van der Waals surface area contributed by atoms with Gasteiger partial charge < -0.3 is 26.7 Å². The Balaban J connectivity index is 3.02. The molecule has 1 heterocycles. The maximum atomic E-state index is 12.9. The van der Waals surface area contributed by atoms with Gasteiger partial charge in [-0.3, -0.25) is 19.2 Å². The van der Waals surface area contributed by atoms with E-state index in [2.05, 4.69) is 25.9 Å². The molecule has 0 radical (unpaired) electrons. The molecule has 162 valence electrons. The van der Waals surface area contributed by atoms with Crippen LogP contribution in [0.25, 0.3) is 0 Å². The number of imidazole rings is 1. The Kier molecular flexibility index (Phi) is 8.35. The fraction of sp³-hybridized carbons (Fsp3) is 0.632. The molecule has 0 spiro atoms. The van der Waals surface area contributed by atoms with Crippen molar-refractivity contribution in [2.24, 2.45) is 17.1 Å². The van der Waals surface area contributed by atoms with Crippen LogP contribution in [-0.2, 0) is 25.6 Å². The van der Waals surface area contributed by atoms with Crippen LogP contribution >= 0.6 is 0 Å². The minimum absolute atomic E-state index is 0.180. The molecule has 0 saturated carbocycles. The van der Waals surface area contributed by atoms with E-state index < -0.39 is 41.3 Å². The lowest BCUT2D eigenvalue weighted by atomic mass is 9.85. The molecule has 0 saturated heterocycles. The number of rotatable bonds is 9. The van der Waals surface area contributed by atoms with E-state index in [-0.39, 0.29) is 18.2 Å². The van der Waals surface area contributed by atoms with Gasteiger partial charge in [0.1, 0.15) is 18.1 Å². The third-order valence-electron chi connectivity index (χ3n) is 4.36. The van der Waals surface area contributed by atoms with E-state index in [1.165, 1.54) is 13.3 Å². The maximum Gasteiger partial charge on any atom is 0.243 e. The number of nitrogens with two attached hydrogens (primary N) is 1. The quantitative estimate of drug-likeness (QED) is 0.376. The standard InChI is InChI=1S/C19H32N6O4/c1-10(2)14(16(20)27)24-18(29)15(19(4,5)6)25-17(28)13(23-11(3)26)7-12-8-21-9-22-12/h8-10,13-15H,7H2,1-6H3,(H2,20,27)(H,21,22)(H,23,26)(H,24,29)(H,25,28)/t13-,14-,15+/m0/s1. The molecule has 0 bridgehead atoms. The summed E-state index contributed by atoms with van der Waals surface area (Å²) in [4.78, 5) is 55.7. The lowest BCUT2D eigenvalue weighted by Crippen LogP contribution is -2.61. The van der Waals surface area contributed by atoms with Crippen LogP contribution in [0.3, 0.4) is 0 Å². The van der Waals surface area contributed by atoms with Gasteiger partial charge in [0.25, 0.3) is 0 Å². The number of aromatic nitrogens is 2. The molecule has 3 atom stereocenters. The van der Waals surface area contributed by atoms with Crippen molar-refractivity contribution >= 4 is 23.6 Å². The number of hydrogen-bond donors (Lipinski definition) is 5. The molecule has 0 aromatic carbocycles. The number of nitrogens with zero attached hydrogens (tertiary/aromatic N) is 1. The molecule has 4 amide bonds. The Morgan fingerprint density at radius 1 is 1.10 bits per heavy atom. The zero-order chi connectivity index (χ0) is 22.4. The summed E-state index contributed by atoms with van der Waals surface area (Å²) in [7, 11) is 0. The molecular formula is C19H32N6O4. The number of nitrogens with one attached hydrogen (secondary N) is 4. The molecule has 1 aromatic rings. The predicted molar refractivity (Wildman–Crippen MR) is 107 cm³/mol. The van der Waals surface area contributed by atoms with Gasteiger partial charge in [-0.2, -0.15) is 0 Å². The Hall–Kier alpha value is -2.91. The molecule has 29 heavy (non-hydrogen) atoms. The number of hydrogen-bond acceptors (Lipinski definition) is 5. The smallest absolute Gasteiger partial charge is 0.243 e. The zero-order valence-corrected chi connectivity index (χ0v) is 17.8. The predicted octanol–water partition coefficient (Wildman–Crippen LogP) is -0.386. The summed E-state index contributed by atoms with van der Waals surface area (Å²) in [5.41, 5.74) is 5.37. The third-order valence-corrected chi connectivity index (χ3v) is 4.36. The number of carbonyl (C=O) groups is 4. The monoisotopic (exact) mass is 408 g/mol. The van der Waals surface area contributed by atoms with Crippen LogP contribution in [0, 0.1) is 11.3 Å². The molecule has 10 nitrogen and oxygen atoms in total. The number of aromatic amines is 1. The summed E-state index contributed by atoms with van der Waals surface area (Å²) in [5.74, 6) is -2.28. The van der Waals surface area contributed by atoms with Gasteiger partial charge in [0.2, 0.25) is 23.6 Å². The average Bonchev–Trinajstić information content (AvgIpc) is 3.07. The molecule has 0 unspecified atom stereocenters. The van der Waals surface area contributed by atoms with Crippen LogP contribution < -0.4 is 21.7 Å². The van der Waals surface area contributed by atoms with Crippen LogP contribution in [0.5, 0.6) is 0 Å². The van der Waals surface area contributed by atoms with E-state index >= 15 is 0 Å². The van der Waals surface area contributed by atoms with Crippen molar-refractivity contribution in [2.45, 2.75) is 66.1 Å². The van der Waals surface area contributed by atoms with Crippen molar-refractivity contribution in [1.82, 2.24) is 25.9 Å². The first kappa shape index (κ1) is 24.1. The van der Waals surface area contributed by atoms with Crippen molar-refractivity contribution in [3.63, 3.8) is 0 Å². The van der Waals surface area contributed by atoms with Gasteiger partial charge in [-0.1, -0.05) is 34.6 Å². The Labute approximate surface area is 170 Å². The van der Waals surface area contributed by atoms with E-state index in [1.807, 2.05) is 0 Å². The molecule has 1 rings (SSSR count). The van der Waals surface area contributed by atoms with Crippen LogP contribution in [0.4, 0.5) is 0 Å². The maximum absolute atomic E-state index is 12.9. The van der Waals surface area contributed by atoms with Crippen molar-refractivity contribution < 1.29 is 19.2 Å². The first-order valence-corrected chi connectivity index (χ1v) is 9.47. The van der Waals surface area contributed by atoms with Gasteiger partial charge in [-0.15, -0.1) is 0 Å². The summed E-state index contributed by atoms with van der Waals surface area (Å²) >= 11 is 0. The highest BCUT2D eigenvalue weighted by atomic mass is 16.2. The summed E-state index contributed by atoms with van der Waals surface area (Å²) in [5, 5.41) is 7.91. The Morgan fingerprint density at radius 3 is 2.14 bits per heavy atom. The fourth-order valence-corrected chi connectivity index (χ4v) is 2.79. The van der Waals surface area contributed by atoms with E-state index in [0.29, 0.717) is 5.69 Å². The number of primary amides is 1. The fourth-order valence-electron chi connectivity index (χ4n) is 2.79. The van der Waals surface area contributed by atoms with Gasteiger partial charge in [-0.25, -0.2) is 4.98 Å². The molecule has 1 aromatic heterocycles. The second kappa shape index (κ2) is 10.0. The minimum atomic E-state index is -0.950. The van der Waals surface area contributed by atoms with Crippen LogP contribution in [-0.4, -0.2) is 51.7 Å². The number of carbonyl (C=O) groups excluding carboxylic acids is 4. The Morgan fingerprint density at radius 2 is 1.72 bits per heavy atom. The highest BCUT2D eigenvalue weighted by molar-refractivity contribution is 5.94. The van der Waals surface area contributed by atoms with Gasteiger partial charge in [0.05, 0.1) is 6.33 Å². The molecule has 0 aliphatic heterocycles. The molecule has 0 aliphatic rings. The molecule has 10 heteroatoms. The first-order valence-electron chi connectivity index (χ1n) is 9.47. The van der Waals surface area contributed by atoms with Crippen LogP contribution in [0.15, 0.2) is 12.5 Å². The van der Waals surface area contributed by atoms with Crippen molar-refractivity contribution in [2.75, 3.05) is 0 Å². The van der Waals surface area contributed by atoms with Gasteiger partial charge in [0.15, 0.2) is 0 Å². The van der Waals surface area contributed by atoms with Crippen molar-refractivity contribution in [3.05, 3.63) is 18.2 Å². The lowest BCUT2D eigenvalue weighted by Gasteiger charge is -2.33. The van der Waals surface area contributed by atoms with E-state index in [4.69, 9.17) is 5.73 Å². The number of H-pyrrole nitrogens is 1. The summed E-state index contributed by atoms with van der Waals surface area (Å²) in [6.07, 6.45) is 3.20. The first-order chi connectivity index (χ1) is 13.3. The van der Waals surface area contributed by atoms with E-state index in [1.54, 1.807) is 40.8 Å². The van der Waals surface area contributed by atoms with Crippen molar-refractivity contribution in [1.29, 1.82) is 0 Å². The van der Waals surface area contributed by atoms with Gasteiger partial charge in [-0.05, 0) is 11.3 Å². The summed E-state index contributed by atoms with van der Waals surface area (Å²) in [6.45, 7) is 10.2. The second-order valence-corrected chi connectivity index (χ2v) is 8.47. The topological polar surface area (TPSA) is 159 Å². The highest BCUT2D eigenvalue weighted by Gasteiger charge is 2.36. The third kappa shape index (κ3) is 7.55. The average molecular weight is 409 g/mol. The van der Waals surface area contributed by atoms with Crippen molar-refractivity contribution in [3.8, 4) is 0 Å². The molecule has 0 fully saturated rings. The molecule has 0 aliphatic carbocycles. The zero-order valence-electron chi connectivity index (χ0n) is 17.8. The second-order valence-electron chi connectivity index (χ2n) is 8.47. The highest BCUT2D eigenvalue weighted by Crippen LogP contribution is 2.20. The van der Waals surface area contributed by atoms with E-state index in [9.17, 15) is 19.2 Å². The normalized spacial score (nSPS) is 14.6. The minimum Gasteiger partial charge on any atom is -0.368 e. The van der Waals surface area contributed by atoms with E-state index in [0.717, 1.165) is 0 Å². The van der Waals surface area contributed by atoms with Crippen LogP contribution in [0.1, 0.15) is 47.2 Å². The largest absolute Gasteiger partial charge is 0.368 e. The Bertz CT molecular complexity index is 724. The van der Waals surface area contributed by atoms with Gasteiger partial charge >= 0.3 is 0 Å². The lowest BCUT2D eigenvalue weighted by molar-refractivity contribution is -0.135. The summed E-state index contributed by atoms with van der Waals surface area (Å²) in [6, 6.07) is -2.71. The van der Waals surface area contributed by atoms with Crippen LogP contribution in [0.2, 0.25) is 0 Å². The SMILES string of the molecule is CC(=O)N[C@@H](Cc1cnc[nH]1)C(=O)N[C@H](C(=O)N[C@H](C(N)=O)C(C)C)C(C)(C)C. The molecule has 6 N–H and O–H groups in total. The summed E-state index contributed by atoms with van der Waals surface area (Å²) < 4.78 is 0. The molecular weight excluding hydrogens is 376 g/mol.